The van der Waals surface area contributed by atoms with Gasteiger partial charge >= 0.3 is 0 Å². The van der Waals surface area contributed by atoms with E-state index in [4.69, 9.17) is 4.74 Å². The Bertz CT molecular complexity index is 631. The molecule has 0 aliphatic heterocycles. The molecule has 0 radical (unpaired) electrons. The number of hydrogen-bond donors (Lipinski definition) is 1. The lowest BCUT2D eigenvalue weighted by atomic mass is 10.1. The highest BCUT2D eigenvalue weighted by molar-refractivity contribution is 5.29. The summed E-state index contributed by atoms with van der Waals surface area (Å²) in [5.41, 5.74) is 1.37. The second-order valence-corrected chi connectivity index (χ2v) is 4.75. The van der Waals surface area contributed by atoms with E-state index in [1.807, 2.05) is 6.92 Å². The first kappa shape index (κ1) is 15.4. The van der Waals surface area contributed by atoms with Gasteiger partial charge in [-0.1, -0.05) is 12.1 Å². The number of halogens is 3. The van der Waals surface area contributed by atoms with Crippen LogP contribution >= 0.6 is 0 Å². The molecule has 0 aliphatic carbocycles. The first-order valence-electron chi connectivity index (χ1n) is 6.52. The van der Waals surface area contributed by atoms with Crippen LogP contribution in [0.25, 0.3) is 0 Å². The van der Waals surface area contributed by atoms with Gasteiger partial charge in [0.1, 0.15) is 0 Å². The fourth-order valence-corrected chi connectivity index (χ4v) is 1.99. The third-order valence-corrected chi connectivity index (χ3v) is 3.27. The van der Waals surface area contributed by atoms with Crippen LogP contribution in [0.1, 0.15) is 24.1 Å². The van der Waals surface area contributed by atoms with Crippen molar-refractivity contribution in [2.45, 2.75) is 19.5 Å². The summed E-state index contributed by atoms with van der Waals surface area (Å²) in [4.78, 5) is 0. The van der Waals surface area contributed by atoms with Gasteiger partial charge in [-0.25, -0.2) is 13.2 Å². The predicted octanol–water partition coefficient (Wildman–Crippen LogP) is 3.96. The van der Waals surface area contributed by atoms with Gasteiger partial charge in [-0.15, -0.1) is 0 Å². The van der Waals surface area contributed by atoms with Gasteiger partial charge in [-0.3, -0.25) is 0 Å². The maximum Gasteiger partial charge on any atom is 0.165 e. The van der Waals surface area contributed by atoms with Crippen LogP contribution in [0.2, 0.25) is 0 Å². The quantitative estimate of drug-likeness (QED) is 0.901. The average Bonchev–Trinajstić information content (AvgIpc) is 2.47. The average molecular weight is 295 g/mol. The largest absolute Gasteiger partial charge is 0.494 e. The molecule has 5 heteroatoms. The Morgan fingerprint density at radius 2 is 1.76 bits per heavy atom. The number of rotatable bonds is 5. The molecule has 0 aliphatic rings. The number of benzene rings is 2. The van der Waals surface area contributed by atoms with E-state index in [2.05, 4.69) is 5.32 Å². The Kier molecular flexibility index (Phi) is 4.85. The van der Waals surface area contributed by atoms with Crippen LogP contribution < -0.4 is 10.1 Å². The van der Waals surface area contributed by atoms with Crippen molar-refractivity contribution in [2.75, 3.05) is 7.11 Å². The highest BCUT2D eigenvalue weighted by atomic mass is 19.2. The zero-order chi connectivity index (χ0) is 15.4. The van der Waals surface area contributed by atoms with Crippen LogP contribution in [0, 0.1) is 17.5 Å². The first-order valence-corrected chi connectivity index (χ1v) is 6.52. The first-order chi connectivity index (χ1) is 10.0. The minimum Gasteiger partial charge on any atom is -0.494 e. The van der Waals surface area contributed by atoms with Crippen LogP contribution in [-0.4, -0.2) is 7.11 Å². The summed E-state index contributed by atoms with van der Waals surface area (Å²) in [6.45, 7) is 2.23. The third-order valence-electron chi connectivity index (χ3n) is 3.27. The van der Waals surface area contributed by atoms with Gasteiger partial charge < -0.3 is 10.1 Å². The van der Waals surface area contributed by atoms with Crippen molar-refractivity contribution in [1.82, 2.24) is 5.32 Å². The van der Waals surface area contributed by atoms with E-state index in [1.54, 1.807) is 12.1 Å². The van der Waals surface area contributed by atoms with Crippen molar-refractivity contribution >= 4 is 0 Å². The lowest BCUT2D eigenvalue weighted by Gasteiger charge is -2.15. The van der Waals surface area contributed by atoms with E-state index < -0.39 is 17.5 Å². The molecule has 1 N–H and O–H groups in total. The molecule has 2 rings (SSSR count). The fraction of sp³-hybridized carbons (Fsp3) is 0.250. The van der Waals surface area contributed by atoms with E-state index in [0.29, 0.717) is 12.1 Å². The molecule has 0 aromatic heterocycles. The van der Waals surface area contributed by atoms with Crippen LogP contribution in [0.3, 0.4) is 0 Å². The smallest absolute Gasteiger partial charge is 0.165 e. The molecule has 2 nitrogen and oxygen atoms in total. The molecule has 0 amide bonds. The van der Waals surface area contributed by atoms with Gasteiger partial charge in [-0.05, 0) is 42.3 Å². The van der Waals surface area contributed by atoms with E-state index in [-0.39, 0.29) is 11.8 Å². The Hall–Kier alpha value is -2.01. The summed E-state index contributed by atoms with van der Waals surface area (Å²) in [6.07, 6.45) is 0. The molecule has 0 bridgehead atoms. The van der Waals surface area contributed by atoms with Crippen LogP contribution in [0.5, 0.6) is 5.75 Å². The number of hydrogen-bond acceptors (Lipinski definition) is 2. The van der Waals surface area contributed by atoms with Crippen LogP contribution in [0.15, 0.2) is 36.4 Å². The molecule has 0 saturated heterocycles. The molecule has 0 spiro atoms. The standard InChI is InChI=1S/C16H16F3NO/c1-10(12-4-5-13(17)14(18)8-12)20-9-11-3-6-16(21-2)15(19)7-11/h3-8,10,20H,9H2,1-2H3. The summed E-state index contributed by atoms with van der Waals surface area (Å²) in [7, 11) is 1.40. The SMILES string of the molecule is COc1ccc(CNC(C)c2ccc(F)c(F)c2)cc1F. The Labute approximate surface area is 121 Å². The third kappa shape index (κ3) is 3.76. The van der Waals surface area contributed by atoms with E-state index in [1.165, 1.54) is 19.2 Å². The van der Waals surface area contributed by atoms with Gasteiger partial charge in [0.2, 0.25) is 0 Å². The predicted molar refractivity (Wildman–Crippen MR) is 74.6 cm³/mol. The fourth-order valence-electron chi connectivity index (χ4n) is 1.99. The van der Waals surface area contributed by atoms with E-state index in [0.717, 1.165) is 17.7 Å². The van der Waals surface area contributed by atoms with Crippen LogP contribution in [0.4, 0.5) is 13.2 Å². The van der Waals surface area contributed by atoms with Crippen molar-refractivity contribution in [2.24, 2.45) is 0 Å². The Morgan fingerprint density at radius 1 is 1.00 bits per heavy atom. The second kappa shape index (κ2) is 6.63. The van der Waals surface area contributed by atoms with Gasteiger partial charge in [-0.2, -0.15) is 0 Å². The number of nitrogens with one attached hydrogen (secondary N) is 1. The molecule has 0 heterocycles. The number of ether oxygens (including phenoxy) is 1. The van der Waals surface area contributed by atoms with Gasteiger partial charge in [0.05, 0.1) is 7.11 Å². The van der Waals surface area contributed by atoms with Gasteiger partial charge in [0.25, 0.3) is 0 Å². The van der Waals surface area contributed by atoms with Crippen molar-refractivity contribution in [3.63, 3.8) is 0 Å². The maximum absolute atomic E-state index is 13.6. The van der Waals surface area contributed by atoms with E-state index in [9.17, 15) is 13.2 Å². The maximum atomic E-state index is 13.6. The van der Waals surface area contributed by atoms with Crippen molar-refractivity contribution in [1.29, 1.82) is 0 Å². The molecule has 1 atom stereocenters. The van der Waals surface area contributed by atoms with Gasteiger partial charge in [0, 0.05) is 12.6 Å². The second-order valence-electron chi connectivity index (χ2n) is 4.75. The topological polar surface area (TPSA) is 21.3 Å². The molecule has 2 aromatic carbocycles. The molecule has 1 unspecified atom stereocenters. The highest BCUT2D eigenvalue weighted by Gasteiger charge is 2.10. The van der Waals surface area contributed by atoms with Crippen molar-refractivity contribution < 1.29 is 17.9 Å². The highest BCUT2D eigenvalue weighted by Crippen LogP contribution is 2.19. The number of methoxy groups -OCH3 is 1. The minimum absolute atomic E-state index is 0.187. The molecule has 21 heavy (non-hydrogen) atoms. The monoisotopic (exact) mass is 295 g/mol. The molecular weight excluding hydrogens is 279 g/mol. The lowest BCUT2D eigenvalue weighted by molar-refractivity contribution is 0.386. The lowest BCUT2D eigenvalue weighted by Crippen LogP contribution is -2.18. The summed E-state index contributed by atoms with van der Waals surface area (Å²) >= 11 is 0. The zero-order valence-electron chi connectivity index (χ0n) is 11.8. The van der Waals surface area contributed by atoms with Gasteiger partial charge in [0.15, 0.2) is 23.2 Å². The minimum atomic E-state index is -0.878. The molecule has 112 valence electrons. The summed E-state index contributed by atoms with van der Waals surface area (Å²) < 4.78 is 44.5. The van der Waals surface area contributed by atoms with Crippen LogP contribution in [-0.2, 0) is 6.54 Å². The Balaban J connectivity index is 2.01. The normalized spacial score (nSPS) is 12.2. The summed E-state index contributed by atoms with van der Waals surface area (Å²) in [5.74, 6) is -2.00. The Morgan fingerprint density at radius 3 is 2.38 bits per heavy atom. The molecule has 2 aromatic rings. The van der Waals surface area contributed by atoms with Crippen molar-refractivity contribution in [3.8, 4) is 5.75 Å². The zero-order valence-corrected chi connectivity index (χ0v) is 11.8. The molecular formula is C16H16F3NO. The summed E-state index contributed by atoms with van der Waals surface area (Å²) in [6, 6.07) is 8.25. The summed E-state index contributed by atoms with van der Waals surface area (Å²) in [5, 5.41) is 3.13. The molecule has 0 saturated carbocycles. The molecule has 0 fully saturated rings. The van der Waals surface area contributed by atoms with E-state index >= 15 is 0 Å². The van der Waals surface area contributed by atoms with Crippen molar-refractivity contribution in [3.05, 3.63) is 65.0 Å².